The third kappa shape index (κ3) is 3.17. The van der Waals surface area contributed by atoms with Gasteiger partial charge in [0.05, 0.1) is 36.5 Å². The summed E-state index contributed by atoms with van der Waals surface area (Å²) in [5.74, 6) is 0.921. The SMILES string of the molecule is Nc1nc2ccc(C(=O)N(Cc3ccc(C(F)(F)F)cn3)C34CC(C3)C4)cc2c2c1COC2. The molecule has 1 aliphatic heterocycles. The number of pyridine rings is 2. The van der Waals surface area contributed by atoms with Crippen LogP contribution in [0, 0.1) is 5.92 Å². The summed E-state index contributed by atoms with van der Waals surface area (Å²) < 4.78 is 44.3. The molecule has 9 heteroatoms. The van der Waals surface area contributed by atoms with E-state index in [-0.39, 0.29) is 18.0 Å². The topological polar surface area (TPSA) is 81.3 Å². The molecule has 0 saturated heterocycles. The maximum absolute atomic E-state index is 13.7. The van der Waals surface area contributed by atoms with Gasteiger partial charge in [0.1, 0.15) is 5.82 Å². The van der Waals surface area contributed by atoms with E-state index in [1.54, 1.807) is 17.0 Å². The lowest BCUT2D eigenvalue weighted by Gasteiger charge is -2.66. The van der Waals surface area contributed by atoms with Crippen molar-refractivity contribution in [2.45, 2.75) is 50.7 Å². The highest BCUT2D eigenvalue weighted by molar-refractivity contribution is 5.99. The Kier molecular flexibility index (Phi) is 4.27. The summed E-state index contributed by atoms with van der Waals surface area (Å²) in [5, 5.41) is 0.841. The zero-order chi connectivity index (χ0) is 23.0. The van der Waals surface area contributed by atoms with Crippen LogP contribution in [0.15, 0.2) is 36.5 Å². The molecule has 170 valence electrons. The van der Waals surface area contributed by atoms with Gasteiger partial charge in [0.15, 0.2) is 0 Å². The van der Waals surface area contributed by atoms with E-state index in [9.17, 15) is 18.0 Å². The first-order valence-electron chi connectivity index (χ1n) is 10.9. The molecule has 0 atom stereocenters. The van der Waals surface area contributed by atoms with Crippen LogP contribution >= 0.6 is 0 Å². The number of fused-ring (bicyclic) bond motifs is 3. The van der Waals surface area contributed by atoms with Crippen LogP contribution in [0.25, 0.3) is 10.9 Å². The van der Waals surface area contributed by atoms with Crippen molar-refractivity contribution >= 4 is 22.6 Å². The van der Waals surface area contributed by atoms with Gasteiger partial charge in [0.25, 0.3) is 5.91 Å². The Labute approximate surface area is 187 Å². The average Bonchev–Trinajstić information content (AvgIpc) is 3.21. The highest BCUT2D eigenvalue weighted by atomic mass is 19.4. The van der Waals surface area contributed by atoms with E-state index in [2.05, 4.69) is 9.97 Å². The second-order valence-electron chi connectivity index (χ2n) is 9.31. The Balaban J connectivity index is 1.34. The molecular formula is C24H21F3N4O2. The van der Waals surface area contributed by atoms with Gasteiger partial charge in [-0.3, -0.25) is 9.78 Å². The van der Waals surface area contributed by atoms with E-state index in [0.717, 1.165) is 48.0 Å². The van der Waals surface area contributed by atoms with Gasteiger partial charge >= 0.3 is 6.18 Å². The van der Waals surface area contributed by atoms with E-state index in [1.165, 1.54) is 6.07 Å². The normalized spacial score (nSPS) is 23.1. The lowest BCUT2D eigenvalue weighted by Crippen LogP contribution is -2.69. The van der Waals surface area contributed by atoms with Crippen LogP contribution in [-0.2, 0) is 30.7 Å². The summed E-state index contributed by atoms with van der Waals surface area (Å²) in [7, 11) is 0. The fraction of sp³-hybridized carbons (Fsp3) is 0.375. The number of ether oxygens (including phenoxy) is 1. The van der Waals surface area contributed by atoms with Crippen molar-refractivity contribution in [2.24, 2.45) is 5.92 Å². The number of amides is 1. The molecule has 3 aliphatic carbocycles. The summed E-state index contributed by atoms with van der Waals surface area (Å²) in [4.78, 5) is 23.9. The first kappa shape index (κ1) is 20.4. The third-order valence-electron chi connectivity index (χ3n) is 7.27. The number of hydrogen-bond donors (Lipinski definition) is 1. The molecule has 1 amide bonds. The molecule has 0 radical (unpaired) electrons. The van der Waals surface area contributed by atoms with Gasteiger partial charge in [0.2, 0.25) is 0 Å². The monoisotopic (exact) mass is 454 g/mol. The highest BCUT2D eigenvalue weighted by Gasteiger charge is 2.61. The number of halogens is 3. The quantitative estimate of drug-likeness (QED) is 0.630. The molecule has 4 aliphatic rings. The number of aromatic nitrogens is 2. The van der Waals surface area contributed by atoms with Crippen LogP contribution in [0.3, 0.4) is 0 Å². The van der Waals surface area contributed by atoms with Crippen molar-refractivity contribution in [1.82, 2.24) is 14.9 Å². The first-order chi connectivity index (χ1) is 15.7. The second kappa shape index (κ2) is 6.90. The molecule has 2 aromatic heterocycles. The third-order valence-corrected chi connectivity index (χ3v) is 7.27. The second-order valence-corrected chi connectivity index (χ2v) is 9.31. The lowest BCUT2D eigenvalue weighted by atomic mass is 9.49. The summed E-state index contributed by atoms with van der Waals surface area (Å²) in [5.41, 5.74) is 8.49. The van der Waals surface area contributed by atoms with Crippen LogP contribution in [-0.4, -0.2) is 26.3 Å². The fourth-order valence-electron chi connectivity index (χ4n) is 5.33. The molecule has 3 heterocycles. The summed E-state index contributed by atoms with van der Waals surface area (Å²) >= 11 is 0. The van der Waals surface area contributed by atoms with Crippen LogP contribution in [0.5, 0.6) is 0 Å². The number of nitrogens with two attached hydrogens (primary N) is 1. The minimum atomic E-state index is -4.44. The van der Waals surface area contributed by atoms with Crippen molar-refractivity contribution in [3.05, 3.63) is 64.5 Å². The molecule has 6 nitrogen and oxygen atoms in total. The largest absolute Gasteiger partial charge is 0.417 e. The number of carbonyl (C=O) groups excluding carboxylic acids is 1. The standard InChI is InChI=1S/C24H21F3N4O2/c25-24(26,27)15-2-3-16(29-9-15)10-31(23-6-13(7-23)8-23)22(32)14-1-4-20-17(5-14)18-11-33-12-19(18)21(28)30-20/h1-5,9,13H,6-8,10-12H2,(H2,28,30). The van der Waals surface area contributed by atoms with Gasteiger partial charge in [-0.2, -0.15) is 13.2 Å². The van der Waals surface area contributed by atoms with Crippen LogP contribution in [0.2, 0.25) is 0 Å². The molecule has 3 aromatic rings. The summed E-state index contributed by atoms with van der Waals surface area (Å²) in [6.07, 6.45) is -0.840. The van der Waals surface area contributed by atoms with Crippen molar-refractivity contribution in [3.8, 4) is 0 Å². The van der Waals surface area contributed by atoms with Gasteiger partial charge in [-0.1, -0.05) is 0 Å². The molecule has 2 bridgehead atoms. The predicted octanol–water partition coefficient (Wildman–Crippen LogP) is 4.46. The minimum Gasteiger partial charge on any atom is -0.383 e. The predicted molar refractivity (Wildman–Crippen MR) is 114 cm³/mol. The first-order valence-corrected chi connectivity index (χ1v) is 10.9. The lowest BCUT2D eigenvalue weighted by molar-refractivity contribution is -0.138. The van der Waals surface area contributed by atoms with Gasteiger partial charge < -0.3 is 15.4 Å². The number of anilines is 1. The molecule has 7 rings (SSSR count). The zero-order valence-electron chi connectivity index (χ0n) is 17.7. The van der Waals surface area contributed by atoms with Gasteiger partial charge in [-0.05, 0) is 61.1 Å². The van der Waals surface area contributed by atoms with Crippen molar-refractivity contribution in [2.75, 3.05) is 5.73 Å². The number of hydrogen-bond acceptors (Lipinski definition) is 5. The maximum atomic E-state index is 13.7. The number of alkyl halides is 3. The van der Waals surface area contributed by atoms with Gasteiger partial charge in [0, 0.05) is 28.2 Å². The number of rotatable bonds is 4. The Morgan fingerprint density at radius 1 is 1.15 bits per heavy atom. The van der Waals surface area contributed by atoms with Crippen molar-refractivity contribution in [3.63, 3.8) is 0 Å². The fourth-order valence-corrected chi connectivity index (χ4v) is 5.33. The van der Waals surface area contributed by atoms with E-state index in [1.807, 2.05) is 6.07 Å². The van der Waals surface area contributed by atoms with E-state index < -0.39 is 11.7 Å². The van der Waals surface area contributed by atoms with Crippen molar-refractivity contribution < 1.29 is 22.7 Å². The Hall–Kier alpha value is -3.20. The number of nitrogens with zero attached hydrogens (tertiary/aromatic N) is 3. The molecular weight excluding hydrogens is 433 g/mol. The Morgan fingerprint density at radius 2 is 1.91 bits per heavy atom. The van der Waals surface area contributed by atoms with Crippen LogP contribution in [0.4, 0.5) is 19.0 Å². The van der Waals surface area contributed by atoms with E-state index >= 15 is 0 Å². The number of nitrogen functional groups attached to an aromatic ring is 1. The maximum Gasteiger partial charge on any atom is 0.417 e. The molecule has 3 saturated carbocycles. The molecule has 0 unspecified atom stereocenters. The minimum absolute atomic E-state index is 0.152. The molecule has 33 heavy (non-hydrogen) atoms. The Bertz CT molecular complexity index is 1270. The van der Waals surface area contributed by atoms with E-state index in [0.29, 0.717) is 41.7 Å². The highest BCUT2D eigenvalue weighted by Crippen LogP contribution is 2.61. The number of benzene rings is 1. The van der Waals surface area contributed by atoms with Gasteiger partial charge in [-0.15, -0.1) is 0 Å². The Morgan fingerprint density at radius 3 is 2.55 bits per heavy atom. The molecule has 3 fully saturated rings. The van der Waals surface area contributed by atoms with Crippen molar-refractivity contribution in [1.29, 1.82) is 0 Å². The summed E-state index contributed by atoms with van der Waals surface area (Å²) in [6.45, 7) is 0.989. The zero-order valence-corrected chi connectivity index (χ0v) is 17.7. The smallest absolute Gasteiger partial charge is 0.383 e. The number of carbonyl (C=O) groups is 1. The summed E-state index contributed by atoms with van der Waals surface area (Å²) in [6, 6.07) is 7.72. The van der Waals surface area contributed by atoms with Crippen LogP contribution in [0.1, 0.15) is 52.0 Å². The van der Waals surface area contributed by atoms with Gasteiger partial charge in [-0.25, -0.2) is 4.98 Å². The van der Waals surface area contributed by atoms with Crippen LogP contribution < -0.4 is 5.73 Å². The molecule has 2 N–H and O–H groups in total. The molecule has 0 spiro atoms. The van der Waals surface area contributed by atoms with E-state index in [4.69, 9.17) is 10.5 Å². The molecule has 1 aromatic carbocycles. The average molecular weight is 454 g/mol.